The Morgan fingerprint density at radius 2 is 2.18 bits per heavy atom. The molecule has 1 unspecified atom stereocenters. The number of amides is 1. The van der Waals surface area contributed by atoms with Crippen molar-refractivity contribution >= 4 is 5.91 Å². The van der Waals surface area contributed by atoms with Crippen LogP contribution in [0.5, 0.6) is 0 Å². The molecule has 1 rings (SSSR count). The highest BCUT2D eigenvalue weighted by molar-refractivity contribution is 5.76. The lowest BCUT2D eigenvalue weighted by atomic mass is 10.1. The third-order valence-corrected chi connectivity index (χ3v) is 3.48. The Labute approximate surface area is 106 Å². The molecule has 17 heavy (non-hydrogen) atoms. The topological polar surface area (TPSA) is 32.3 Å². The van der Waals surface area contributed by atoms with E-state index in [4.69, 9.17) is 0 Å². The Morgan fingerprint density at radius 1 is 1.35 bits per heavy atom. The molecule has 1 N–H and O–H groups in total. The minimum atomic E-state index is 0.372. The third kappa shape index (κ3) is 6.06. The zero-order valence-electron chi connectivity index (χ0n) is 11.5. The van der Waals surface area contributed by atoms with Crippen LogP contribution in [-0.2, 0) is 4.79 Å². The average Bonchev–Trinajstić information content (AvgIpc) is 2.52. The molecule has 1 heterocycles. The number of carbonyl (C=O) groups excluding carboxylic acids is 1. The standard InChI is InChI=1S/C14H28N2O/c1-3-10-15-13(2)8-7-12-16-11-6-4-5-9-14(16)17/h13,15H,3-12H2,1-2H3. The van der Waals surface area contributed by atoms with Gasteiger partial charge < -0.3 is 10.2 Å². The SMILES string of the molecule is CCCNC(C)CCCN1CCCCCC1=O. The second-order valence-corrected chi connectivity index (χ2v) is 5.19. The summed E-state index contributed by atoms with van der Waals surface area (Å²) in [5, 5.41) is 3.49. The van der Waals surface area contributed by atoms with Gasteiger partial charge in [-0.1, -0.05) is 13.3 Å². The van der Waals surface area contributed by atoms with Gasteiger partial charge in [0, 0.05) is 25.6 Å². The maximum absolute atomic E-state index is 11.8. The van der Waals surface area contributed by atoms with Crippen molar-refractivity contribution in [1.82, 2.24) is 10.2 Å². The summed E-state index contributed by atoms with van der Waals surface area (Å²) in [5.74, 6) is 0.372. The van der Waals surface area contributed by atoms with Crippen molar-refractivity contribution in [2.75, 3.05) is 19.6 Å². The van der Waals surface area contributed by atoms with E-state index in [1.807, 2.05) is 0 Å². The first-order valence-electron chi connectivity index (χ1n) is 7.25. The number of hydrogen-bond donors (Lipinski definition) is 1. The summed E-state index contributed by atoms with van der Waals surface area (Å²) in [6, 6.07) is 0.581. The van der Waals surface area contributed by atoms with E-state index in [-0.39, 0.29) is 0 Å². The van der Waals surface area contributed by atoms with Gasteiger partial charge in [0.05, 0.1) is 0 Å². The highest BCUT2D eigenvalue weighted by Crippen LogP contribution is 2.12. The predicted molar refractivity (Wildman–Crippen MR) is 72.0 cm³/mol. The van der Waals surface area contributed by atoms with Crippen LogP contribution in [0.2, 0.25) is 0 Å². The van der Waals surface area contributed by atoms with E-state index in [0.717, 1.165) is 38.9 Å². The predicted octanol–water partition coefficient (Wildman–Crippen LogP) is 2.56. The molecule has 1 aliphatic heterocycles. The summed E-state index contributed by atoms with van der Waals surface area (Å²) >= 11 is 0. The van der Waals surface area contributed by atoms with E-state index < -0.39 is 0 Å². The van der Waals surface area contributed by atoms with Gasteiger partial charge in [0.2, 0.25) is 5.91 Å². The zero-order valence-corrected chi connectivity index (χ0v) is 11.5. The minimum Gasteiger partial charge on any atom is -0.343 e. The molecule has 0 radical (unpaired) electrons. The minimum absolute atomic E-state index is 0.372. The van der Waals surface area contributed by atoms with Crippen molar-refractivity contribution in [3.63, 3.8) is 0 Å². The monoisotopic (exact) mass is 240 g/mol. The van der Waals surface area contributed by atoms with E-state index >= 15 is 0 Å². The summed E-state index contributed by atoms with van der Waals surface area (Å²) in [5.41, 5.74) is 0. The second-order valence-electron chi connectivity index (χ2n) is 5.19. The quantitative estimate of drug-likeness (QED) is 0.742. The van der Waals surface area contributed by atoms with E-state index in [0.29, 0.717) is 11.9 Å². The maximum Gasteiger partial charge on any atom is 0.222 e. The highest BCUT2D eigenvalue weighted by Gasteiger charge is 2.15. The van der Waals surface area contributed by atoms with Crippen molar-refractivity contribution in [3.05, 3.63) is 0 Å². The fraction of sp³-hybridized carbons (Fsp3) is 0.929. The molecule has 3 heteroatoms. The molecule has 1 fully saturated rings. The van der Waals surface area contributed by atoms with Crippen LogP contribution in [0.1, 0.15) is 58.8 Å². The number of carbonyl (C=O) groups is 1. The highest BCUT2D eigenvalue weighted by atomic mass is 16.2. The average molecular weight is 240 g/mol. The number of nitrogens with one attached hydrogen (secondary N) is 1. The Balaban J connectivity index is 2.13. The van der Waals surface area contributed by atoms with Crippen LogP contribution >= 0.6 is 0 Å². The van der Waals surface area contributed by atoms with Crippen molar-refractivity contribution < 1.29 is 4.79 Å². The first-order chi connectivity index (χ1) is 8.24. The smallest absolute Gasteiger partial charge is 0.222 e. The van der Waals surface area contributed by atoms with Crippen molar-refractivity contribution in [2.45, 2.75) is 64.8 Å². The fourth-order valence-corrected chi connectivity index (χ4v) is 2.36. The van der Waals surface area contributed by atoms with Crippen LogP contribution in [0, 0.1) is 0 Å². The van der Waals surface area contributed by atoms with Crippen LogP contribution in [0.4, 0.5) is 0 Å². The molecule has 0 saturated carbocycles. The van der Waals surface area contributed by atoms with Gasteiger partial charge in [-0.15, -0.1) is 0 Å². The van der Waals surface area contributed by atoms with Crippen LogP contribution in [0.15, 0.2) is 0 Å². The van der Waals surface area contributed by atoms with Crippen LogP contribution < -0.4 is 5.32 Å². The maximum atomic E-state index is 11.8. The Bertz CT molecular complexity index is 218. The molecule has 100 valence electrons. The molecule has 0 aromatic heterocycles. The number of rotatable bonds is 7. The molecule has 0 bridgehead atoms. The van der Waals surface area contributed by atoms with Crippen molar-refractivity contribution in [2.24, 2.45) is 0 Å². The summed E-state index contributed by atoms with van der Waals surface area (Å²) in [7, 11) is 0. The molecule has 1 saturated heterocycles. The molecule has 0 spiro atoms. The first kappa shape index (κ1) is 14.5. The van der Waals surface area contributed by atoms with Crippen molar-refractivity contribution in [1.29, 1.82) is 0 Å². The van der Waals surface area contributed by atoms with Crippen LogP contribution in [-0.4, -0.2) is 36.5 Å². The second kappa shape index (κ2) is 8.51. The Hall–Kier alpha value is -0.570. The summed E-state index contributed by atoms with van der Waals surface area (Å²) in [4.78, 5) is 13.8. The normalized spacial score (nSPS) is 19.2. The third-order valence-electron chi connectivity index (χ3n) is 3.48. The van der Waals surface area contributed by atoms with Gasteiger partial charge in [0.1, 0.15) is 0 Å². The molecule has 3 nitrogen and oxygen atoms in total. The van der Waals surface area contributed by atoms with Crippen molar-refractivity contribution in [3.8, 4) is 0 Å². The van der Waals surface area contributed by atoms with E-state index in [2.05, 4.69) is 24.1 Å². The number of hydrogen-bond acceptors (Lipinski definition) is 2. The number of nitrogens with zero attached hydrogens (tertiary/aromatic N) is 1. The van der Waals surface area contributed by atoms with E-state index in [9.17, 15) is 4.79 Å². The Morgan fingerprint density at radius 3 is 2.94 bits per heavy atom. The molecular weight excluding hydrogens is 212 g/mol. The van der Waals surface area contributed by atoms with Crippen LogP contribution in [0.3, 0.4) is 0 Å². The summed E-state index contributed by atoms with van der Waals surface area (Å²) < 4.78 is 0. The zero-order chi connectivity index (χ0) is 12.5. The summed E-state index contributed by atoms with van der Waals surface area (Å²) in [6.07, 6.45) is 7.75. The van der Waals surface area contributed by atoms with Gasteiger partial charge in [-0.25, -0.2) is 0 Å². The Kier molecular flexibility index (Phi) is 7.25. The van der Waals surface area contributed by atoms with Gasteiger partial charge in [0.15, 0.2) is 0 Å². The molecule has 0 aliphatic carbocycles. The van der Waals surface area contributed by atoms with Gasteiger partial charge in [0.25, 0.3) is 0 Å². The molecule has 0 aromatic carbocycles. The lowest BCUT2D eigenvalue weighted by Crippen LogP contribution is -2.33. The van der Waals surface area contributed by atoms with E-state index in [1.54, 1.807) is 0 Å². The van der Waals surface area contributed by atoms with Crippen LogP contribution in [0.25, 0.3) is 0 Å². The van der Waals surface area contributed by atoms with E-state index in [1.165, 1.54) is 25.7 Å². The van der Waals surface area contributed by atoms with Gasteiger partial charge in [-0.2, -0.15) is 0 Å². The van der Waals surface area contributed by atoms with Gasteiger partial charge in [-0.3, -0.25) is 4.79 Å². The van der Waals surface area contributed by atoms with Gasteiger partial charge in [-0.05, 0) is 45.6 Å². The number of likely N-dealkylation sites (tertiary alicyclic amines) is 1. The fourth-order valence-electron chi connectivity index (χ4n) is 2.36. The molecule has 1 atom stereocenters. The lowest BCUT2D eigenvalue weighted by Gasteiger charge is -2.21. The largest absolute Gasteiger partial charge is 0.343 e. The lowest BCUT2D eigenvalue weighted by molar-refractivity contribution is -0.130. The summed E-state index contributed by atoms with van der Waals surface area (Å²) in [6.45, 7) is 7.46. The van der Waals surface area contributed by atoms with Gasteiger partial charge >= 0.3 is 0 Å². The first-order valence-corrected chi connectivity index (χ1v) is 7.25. The molecular formula is C14H28N2O. The molecule has 1 amide bonds. The molecule has 1 aliphatic rings. The molecule has 0 aromatic rings.